The zero-order valence-corrected chi connectivity index (χ0v) is 12.2. The van der Waals surface area contributed by atoms with Gasteiger partial charge in [-0.1, -0.05) is 34.0 Å². The van der Waals surface area contributed by atoms with Crippen molar-refractivity contribution in [3.63, 3.8) is 0 Å². The summed E-state index contributed by atoms with van der Waals surface area (Å²) < 4.78 is 0. The molecule has 5 heteroatoms. The first-order chi connectivity index (χ1) is 8.16. The number of rotatable bonds is 6. The van der Waals surface area contributed by atoms with Crippen LogP contribution in [0.2, 0.25) is 5.02 Å². The highest BCUT2D eigenvalue weighted by molar-refractivity contribution is 9.09. The van der Waals surface area contributed by atoms with Crippen LogP contribution in [0.15, 0.2) is 18.5 Å². The van der Waals surface area contributed by atoms with Crippen molar-refractivity contribution in [1.82, 2.24) is 9.88 Å². The van der Waals surface area contributed by atoms with Gasteiger partial charge in [0.1, 0.15) is 0 Å². The van der Waals surface area contributed by atoms with Gasteiger partial charge in [-0.2, -0.15) is 0 Å². The molecule has 0 aromatic carbocycles. The molecular formula is C12H16BrClN2O. The highest BCUT2D eigenvalue weighted by Crippen LogP contribution is 2.15. The number of nitrogens with zero attached hydrogens (tertiary/aromatic N) is 2. The van der Waals surface area contributed by atoms with Crippen molar-refractivity contribution in [2.24, 2.45) is 0 Å². The maximum Gasteiger partial charge on any atom is 0.255 e. The van der Waals surface area contributed by atoms with Gasteiger partial charge in [-0.25, -0.2) is 0 Å². The maximum absolute atomic E-state index is 12.0. The van der Waals surface area contributed by atoms with Crippen LogP contribution in [0.4, 0.5) is 0 Å². The molecule has 0 atom stereocenters. The lowest BCUT2D eigenvalue weighted by molar-refractivity contribution is 0.0793. The van der Waals surface area contributed by atoms with E-state index in [1.807, 2.05) is 0 Å². The van der Waals surface area contributed by atoms with E-state index < -0.39 is 0 Å². The molecule has 1 amide bonds. The zero-order valence-electron chi connectivity index (χ0n) is 9.83. The third-order valence-corrected chi connectivity index (χ3v) is 3.34. The predicted molar refractivity (Wildman–Crippen MR) is 73.9 cm³/mol. The largest absolute Gasteiger partial charge is 0.342 e. The summed E-state index contributed by atoms with van der Waals surface area (Å²) in [5.74, 6) is -0.0451. The summed E-state index contributed by atoms with van der Waals surface area (Å²) in [6, 6.07) is 1.65. The van der Waals surface area contributed by atoms with Gasteiger partial charge in [-0.05, 0) is 18.9 Å². The molecule has 94 valence electrons. The molecule has 0 unspecified atom stereocenters. The van der Waals surface area contributed by atoms with Crippen LogP contribution in [0.5, 0.6) is 0 Å². The molecule has 0 saturated carbocycles. The Morgan fingerprint density at radius 3 is 2.88 bits per heavy atom. The second kappa shape index (κ2) is 7.67. The summed E-state index contributed by atoms with van der Waals surface area (Å²) >= 11 is 9.32. The molecule has 17 heavy (non-hydrogen) atoms. The van der Waals surface area contributed by atoms with E-state index in [1.165, 1.54) is 6.20 Å². The summed E-state index contributed by atoms with van der Waals surface area (Å²) in [7, 11) is 1.80. The predicted octanol–water partition coefficient (Wildman–Crippen LogP) is 3.37. The highest BCUT2D eigenvalue weighted by atomic mass is 79.9. The summed E-state index contributed by atoms with van der Waals surface area (Å²) in [6.45, 7) is 0.754. The van der Waals surface area contributed by atoms with E-state index in [2.05, 4.69) is 20.9 Å². The minimum absolute atomic E-state index is 0.0451. The number of carbonyl (C=O) groups is 1. The second-order valence-corrected chi connectivity index (χ2v) is 5.03. The number of aromatic nitrogens is 1. The Balaban J connectivity index is 2.49. The zero-order chi connectivity index (χ0) is 12.7. The van der Waals surface area contributed by atoms with E-state index in [-0.39, 0.29) is 5.91 Å². The lowest BCUT2D eigenvalue weighted by Gasteiger charge is -2.17. The van der Waals surface area contributed by atoms with Crippen molar-refractivity contribution in [1.29, 1.82) is 0 Å². The molecule has 0 saturated heterocycles. The van der Waals surface area contributed by atoms with Crippen molar-refractivity contribution in [2.75, 3.05) is 18.9 Å². The van der Waals surface area contributed by atoms with Crippen molar-refractivity contribution in [2.45, 2.75) is 19.3 Å². The molecule has 3 nitrogen and oxygen atoms in total. The molecule has 0 aliphatic heterocycles. The van der Waals surface area contributed by atoms with E-state index in [0.29, 0.717) is 10.6 Å². The minimum atomic E-state index is -0.0451. The van der Waals surface area contributed by atoms with Crippen molar-refractivity contribution in [3.8, 4) is 0 Å². The fraction of sp³-hybridized carbons (Fsp3) is 0.500. The van der Waals surface area contributed by atoms with Crippen molar-refractivity contribution >= 4 is 33.4 Å². The van der Waals surface area contributed by atoms with Gasteiger partial charge >= 0.3 is 0 Å². The number of amides is 1. The van der Waals surface area contributed by atoms with E-state index in [1.54, 1.807) is 24.2 Å². The Hall–Kier alpha value is -0.610. The minimum Gasteiger partial charge on any atom is -0.342 e. The quantitative estimate of drug-likeness (QED) is 0.595. The number of halogens is 2. The molecule has 0 fully saturated rings. The normalized spacial score (nSPS) is 10.3. The topological polar surface area (TPSA) is 33.2 Å². The van der Waals surface area contributed by atoms with E-state index in [9.17, 15) is 4.79 Å². The third kappa shape index (κ3) is 4.64. The molecule has 0 N–H and O–H groups in total. The Kier molecular flexibility index (Phi) is 6.52. The van der Waals surface area contributed by atoms with Crippen molar-refractivity contribution < 1.29 is 4.79 Å². The van der Waals surface area contributed by atoms with Gasteiger partial charge in [0.15, 0.2) is 0 Å². The van der Waals surface area contributed by atoms with Gasteiger partial charge in [0.2, 0.25) is 0 Å². The van der Waals surface area contributed by atoms with Crippen LogP contribution < -0.4 is 0 Å². The van der Waals surface area contributed by atoms with Crippen LogP contribution in [0.25, 0.3) is 0 Å². The lowest BCUT2D eigenvalue weighted by atomic mass is 10.2. The van der Waals surface area contributed by atoms with Crippen LogP contribution in [-0.4, -0.2) is 34.7 Å². The van der Waals surface area contributed by atoms with E-state index >= 15 is 0 Å². The maximum atomic E-state index is 12.0. The number of alkyl halides is 1. The van der Waals surface area contributed by atoms with Gasteiger partial charge in [0, 0.05) is 31.3 Å². The standard InChI is InChI=1S/C12H16BrClN2O/c1-16(8-4-2-3-6-13)12(17)10-5-7-15-9-11(10)14/h5,7,9H,2-4,6,8H2,1H3. The van der Waals surface area contributed by atoms with Gasteiger partial charge in [0.25, 0.3) is 5.91 Å². The summed E-state index contributed by atoms with van der Waals surface area (Å²) in [5.41, 5.74) is 0.518. The number of hydrogen-bond donors (Lipinski definition) is 0. The average molecular weight is 320 g/mol. The van der Waals surface area contributed by atoms with Gasteiger partial charge in [-0.15, -0.1) is 0 Å². The molecule has 0 aliphatic carbocycles. The summed E-state index contributed by atoms with van der Waals surface area (Å²) in [4.78, 5) is 17.6. The lowest BCUT2D eigenvalue weighted by Crippen LogP contribution is -2.28. The molecule has 0 radical (unpaired) electrons. The smallest absolute Gasteiger partial charge is 0.255 e. The number of hydrogen-bond acceptors (Lipinski definition) is 2. The molecular weight excluding hydrogens is 304 g/mol. The monoisotopic (exact) mass is 318 g/mol. The van der Waals surface area contributed by atoms with Gasteiger partial charge in [0.05, 0.1) is 10.6 Å². The van der Waals surface area contributed by atoms with Crippen LogP contribution in [0.3, 0.4) is 0 Å². The van der Waals surface area contributed by atoms with Crippen molar-refractivity contribution in [3.05, 3.63) is 29.0 Å². The van der Waals surface area contributed by atoms with Gasteiger partial charge < -0.3 is 4.90 Å². The summed E-state index contributed by atoms with van der Waals surface area (Å²) in [5, 5.41) is 1.42. The Morgan fingerprint density at radius 1 is 1.47 bits per heavy atom. The number of carbonyl (C=O) groups excluding carboxylic acids is 1. The molecule has 0 aliphatic rings. The first-order valence-corrected chi connectivity index (χ1v) is 7.07. The molecule has 0 bridgehead atoms. The first-order valence-electron chi connectivity index (χ1n) is 5.57. The van der Waals surface area contributed by atoms with Gasteiger partial charge in [-0.3, -0.25) is 9.78 Å². The number of pyridine rings is 1. The molecule has 1 heterocycles. The molecule has 1 aromatic rings. The Labute approximate surface area is 115 Å². The average Bonchev–Trinajstić information content (AvgIpc) is 2.34. The SMILES string of the molecule is CN(CCCCCBr)C(=O)c1ccncc1Cl. The van der Waals surface area contributed by atoms with Crippen LogP contribution >= 0.6 is 27.5 Å². The highest BCUT2D eigenvalue weighted by Gasteiger charge is 2.14. The van der Waals surface area contributed by atoms with Crippen LogP contribution in [-0.2, 0) is 0 Å². The first kappa shape index (κ1) is 14.5. The molecule has 1 rings (SSSR count). The molecule has 0 spiro atoms. The van der Waals surface area contributed by atoms with Crippen LogP contribution in [0, 0.1) is 0 Å². The van der Waals surface area contributed by atoms with E-state index in [4.69, 9.17) is 11.6 Å². The fourth-order valence-electron chi connectivity index (χ4n) is 1.48. The Morgan fingerprint density at radius 2 is 2.24 bits per heavy atom. The fourth-order valence-corrected chi connectivity index (χ4v) is 2.07. The van der Waals surface area contributed by atoms with Crippen LogP contribution in [0.1, 0.15) is 29.6 Å². The molecule has 1 aromatic heterocycles. The second-order valence-electron chi connectivity index (χ2n) is 3.83. The van der Waals surface area contributed by atoms with E-state index in [0.717, 1.165) is 31.1 Å². The Bertz CT molecular complexity index is 373. The summed E-state index contributed by atoms with van der Waals surface area (Å²) in [6.07, 6.45) is 6.34. The number of unbranched alkanes of at least 4 members (excludes halogenated alkanes) is 2. The third-order valence-electron chi connectivity index (χ3n) is 2.48.